The molecular weight excluding hydrogens is 279 g/mol. The van der Waals surface area contributed by atoms with Crippen molar-refractivity contribution in [3.63, 3.8) is 0 Å². The van der Waals surface area contributed by atoms with Crippen molar-refractivity contribution in [3.05, 3.63) is 41.1 Å². The van der Waals surface area contributed by atoms with Crippen LogP contribution in [0.1, 0.15) is 37.1 Å². The SMILES string of the molecule is CC1(C)CCc2nn(-c3cccc(C(F)(F)F)c3)c(N)c21. The Bertz CT molecular complexity index is 699. The molecule has 0 aliphatic heterocycles. The third kappa shape index (κ3) is 2.18. The van der Waals surface area contributed by atoms with Gasteiger partial charge in [0, 0.05) is 5.56 Å². The van der Waals surface area contributed by atoms with Gasteiger partial charge in [0.15, 0.2) is 0 Å². The molecule has 112 valence electrons. The van der Waals surface area contributed by atoms with E-state index in [1.165, 1.54) is 10.7 Å². The maximum Gasteiger partial charge on any atom is 0.416 e. The fraction of sp³-hybridized carbons (Fsp3) is 0.400. The highest BCUT2D eigenvalue weighted by Gasteiger charge is 2.36. The monoisotopic (exact) mass is 295 g/mol. The molecule has 3 nitrogen and oxygen atoms in total. The zero-order valence-corrected chi connectivity index (χ0v) is 11.8. The van der Waals surface area contributed by atoms with Crippen molar-refractivity contribution in [2.75, 3.05) is 5.73 Å². The van der Waals surface area contributed by atoms with Gasteiger partial charge < -0.3 is 5.73 Å². The van der Waals surface area contributed by atoms with Crippen molar-refractivity contribution in [1.82, 2.24) is 9.78 Å². The zero-order valence-electron chi connectivity index (χ0n) is 11.8. The molecule has 0 fully saturated rings. The van der Waals surface area contributed by atoms with Gasteiger partial charge in [-0.3, -0.25) is 0 Å². The molecule has 0 saturated heterocycles. The van der Waals surface area contributed by atoms with Crippen LogP contribution in [0.3, 0.4) is 0 Å². The minimum atomic E-state index is -4.38. The molecule has 0 radical (unpaired) electrons. The van der Waals surface area contributed by atoms with Gasteiger partial charge in [-0.1, -0.05) is 19.9 Å². The molecule has 1 aromatic heterocycles. The molecule has 1 aliphatic rings. The highest BCUT2D eigenvalue weighted by atomic mass is 19.4. The van der Waals surface area contributed by atoms with Gasteiger partial charge in [-0.15, -0.1) is 0 Å². The number of halogens is 3. The molecule has 1 aromatic carbocycles. The van der Waals surface area contributed by atoms with Gasteiger partial charge in [-0.25, -0.2) is 4.68 Å². The van der Waals surface area contributed by atoms with Crippen molar-refractivity contribution < 1.29 is 13.2 Å². The molecule has 1 aliphatic carbocycles. The Morgan fingerprint density at radius 2 is 2.00 bits per heavy atom. The molecule has 0 spiro atoms. The number of benzene rings is 1. The average Bonchev–Trinajstić information content (AvgIpc) is 2.88. The Morgan fingerprint density at radius 1 is 1.29 bits per heavy atom. The van der Waals surface area contributed by atoms with Crippen molar-refractivity contribution in [2.24, 2.45) is 0 Å². The summed E-state index contributed by atoms with van der Waals surface area (Å²) in [6.07, 6.45) is -2.61. The molecule has 0 unspecified atom stereocenters. The average molecular weight is 295 g/mol. The van der Waals surface area contributed by atoms with Crippen LogP contribution in [-0.2, 0) is 18.0 Å². The van der Waals surface area contributed by atoms with Gasteiger partial charge >= 0.3 is 6.18 Å². The van der Waals surface area contributed by atoms with Crippen LogP contribution in [0.5, 0.6) is 0 Å². The zero-order chi connectivity index (χ0) is 15.4. The van der Waals surface area contributed by atoms with E-state index in [9.17, 15) is 13.2 Å². The standard InChI is InChI=1S/C15H16F3N3/c1-14(2)7-6-11-12(14)13(19)21(20-11)10-5-3-4-9(8-10)15(16,17)18/h3-5,8H,6-7,19H2,1-2H3. The second-order valence-electron chi connectivity index (χ2n) is 6.05. The van der Waals surface area contributed by atoms with Crippen LogP contribution in [0.15, 0.2) is 24.3 Å². The number of nitrogen functional groups attached to an aromatic ring is 1. The van der Waals surface area contributed by atoms with Gasteiger partial charge in [0.25, 0.3) is 0 Å². The van der Waals surface area contributed by atoms with E-state index in [4.69, 9.17) is 5.73 Å². The molecule has 1 heterocycles. The van der Waals surface area contributed by atoms with E-state index < -0.39 is 11.7 Å². The molecule has 6 heteroatoms. The molecule has 21 heavy (non-hydrogen) atoms. The largest absolute Gasteiger partial charge is 0.416 e. The molecular formula is C15H16F3N3. The quantitative estimate of drug-likeness (QED) is 0.872. The number of aromatic nitrogens is 2. The summed E-state index contributed by atoms with van der Waals surface area (Å²) in [5, 5.41) is 4.40. The van der Waals surface area contributed by atoms with Gasteiger partial charge in [0.1, 0.15) is 5.82 Å². The number of anilines is 1. The number of hydrogen-bond acceptors (Lipinski definition) is 2. The van der Waals surface area contributed by atoms with E-state index in [0.29, 0.717) is 11.5 Å². The summed E-state index contributed by atoms with van der Waals surface area (Å²) in [7, 11) is 0. The molecule has 2 N–H and O–H groups in total. The van der Waals surface area contributed by atoms with Crippen LogP contribution in [0.2, 0.25) is 0 Å². The fourth-order valence-corrected chi connectivity index (χ4v) is 2.96. The van der Waals surface area contributed by atoms with E-state index >= 15 is 0 Å². The van der Waals surface area contributed by atoms with Crippen LogP contribution < -0.4 is 5.73 Å². The smallest absolute Gasteiger partial charge is 0.383 e. The van der Waals surface area contributed by atoms with E-state index in [1.54, 1.807) is 6.07 Å². The van der Waals surface area contributed by atoms with Gasteiger partial charge in [0.05, 0.1) is 16.9 Å². The topological polar surface area (TPSA) is 43.8 Å². The van der Waals surface area contributed by atoms with E-state index in [-0.39, 0.29) is 5.41 Å². The summed E-state index contributed by atoms with van der Waals surface area (Å²) in [5.74, 6) is 0.437. The lowest BCUT2D eigenvalue weighted by Gasteiger charge is -2.19. The second-order valence-corrected chi connectivity index (χ2v) is 6.05. The summed E-state index contributed by atoms with van der Waals surface area (Å²) in [5.41, 5.74) is 7.54. The van der Waals surface area contributed by atoms with Crippen LogP contribution in [-0.4, -0.2) is 9.78 Å². The van der Waals surface area contributed by atoms with Gasteiger partial charge in [-0.05, 0) is 36.5 Å². The summed E-state index contributed by atoms with van der Waals surface area (Å²) < 4.78 is 39.8. The molecule has 0 bridgehead atoms. The summed E-state index contributed by atoms with van der Waals surface area (Å²) in [6.45, 7) is 4.15. The van der Waals surface area contributed by atoms with Crippen molar-refractivity contribution in [2.45, 2.75) is 38.3 Å². The van der Waals surface area contributed by atoms with E-state index in [1.807, 2.05) is 0 Å². The Hall–Kier alpha value is -1.98. The Balaban J connectivity index is 2.11. The molecule has 0 atom stereocenters. The van der Waals surface area contributed by atoms with Gasteiger partial charge in [0.2, 0.25) is 0 Å². The van der Waals surface area contributed by atoms with Crippen molar-refractivity contribution >= 4 is 5.82 Å². The third-order valence-corrected chi connectivity index (χ3v) is 4.08. The lowest BCUT2D eigenvalue weighted by Crippen LogP contribution is -2.15. The first-order valence-electron chi connectivity index (χ1n) is 6.75. The van der Waals surface area contributed by atoms with Crippen LogP contribution >= 0.6 is 0 Å². The molecule has 0 saturated carbocycles. The van der Waals surface area contributed by atoms with Crippen molar-refractivity contribution in [1.29, 1.82) is 0 Å². The Morgan fingerprint density at radius 3 is 2.62 bits per heavy atom. The minimum Gasteiger partial charge on any atom is -0.383 e. The fourth-order valence-electron chi connectivity index (χ4n) is 2.96. The van der Waals surface area contributed by atoms with Gasteiger partial charge in [-0.2, -0.15) is 18.3 Å². The predicted molar refractivity (Wildman–Crippen MR) is 74.3 cm³/mol. The lowest BCUT2D eigenvalue weighted by molar-refractivity contribution is -0.137. The molecule has 0 amide bonds. The summed E-state index contributed by atoms with van der Waals surface area (Å²) >= 11 is 0. The van der Waals surface area contributed by atoms with Crippen LogP contribution in [0.4, 0.5) is 19.0 Å². The Labute approximate surface area is 120 Å². The van der Waals surface area contributed by atoms with E-state index in [2.05, 4.69) is 18.9 Å². The molecule has 2 aromatic rings. The second kappa shape index (κ2) is 4.26. The first kappa shape index (κ1) is 14.0. The van der Waals surface area contributed by atoms with E-state index in [0.717, 1.165) is 36.2 Å². The Kier molecular flexibility index (Phi) is 2.83. The highest BCUT2D eigenvalue weighted by molar-refractivity contribution is 5.55. The first-order chi connectivity index (χ1) is 9.70. The summed E-state index contributed by atoms with van der Waals surface area (Å²) in [6, 6.07) is 5.07. The number of nitrogens with zero attached hydrogens (tertiary/aromatic N) is 2. The number of nitrogens with two attached hydrogens (primary N) is 1. The van der Waals surface area contributed by atoms with Crippen molar-refractivity contribution in [3.8, 4) is 5.69 Å². The highest BCUT2D eigenvalue weighted by Crippen LogP contribution is 2.42. The minimum absolute atomic E-state index is 0.0840. The van der Waals surface area contributed by atoms with Crippen LogP contribution in [0, 0.1) is 0 Å². The number of alkyl halides is 3. The third-order valence-electron chi connectivity index (χ3n) is 4.08. The maximum absolute atomic E-state index is 12.8. The number of hydrogen-bond donors (Lipinski definition) is 1. The number of fused-ring (bicyclic) bond motifs is 1. The predicted octanol–water partition coefficient (Wildman–Crippen LogP) is 3.70. The summed E-state index contributed by atoms with van der Waals surface area (Å²) in [4.78, 5) is 0. The molecule has 3 rings (SSSR count). The number of aryl methyl sites for hydroxylation is 1. The van der Waals surface area contributed by atoms with Crippen LogP contribution in [0.25, 0.3) is 5.69 Å². The maximum atomic E-state index is 12.8. The lowest BCUT2D eigenvalue weighted by atomic mass is 9.87. The first-order valence-corrected chi connectivity index (χ1v) is 6.75. The number of rotatable bonds is 1. The normalized spacial score (nSPS) is 17.0.